The third-order valence-electron chi connectivity index (χ3n) is 4.54. The molecule has 1 amide bonds. The maximum absolute atomic E-state index is 12.6. The Bertz CT molecular complexity index is 660. The Balaban J connectivity index is 1.59. The van der Waals surface area contributed by atoms with Gasteiger partial charge in [0.2, 0.25) is 5.91 Å². The van der Waals surface area contributed by atoms with Gasteiger partial charge >= 0.3 is 0 Å². The minimum absolute atomic E-state index is 0.0347. The van der Waals surface area contributed by atoms with Crippen molar-refractivity contribution >= 4 is 27.3 Å². The molecule has 6 nitrogen and oxygen atoms in total. The first-order chi connectivity index (χ1) is 11.6. The average molecular weight is 372 g/mol. The number of sulfonamides is 1. The van der Waals surface area contributed by atoms with Crippen molar-refractivity contribution < 1.29 is 13.2 Å². The van der Waals surface area contributed by atoms with Crippen LogP contribution in [0.25, 0.3) is 0 Å². The van der Waals surface area contributed by atoms with E-state index in [2.05, 4.69) is 10.6 Å². The summed E-state index contributed by atoms with van der Waals surface area (Å²) in [6, 6.07) is 3.59. The fourth-order valence-corrected chi connectivity index (χ4v) is 6.26. The van der Waals surface area contributed by atoms with Crippen molar-refractivity contribution in [3.05, 3.63) is 17.0 Å². The summed E-state index contributed by atoms with van der Waals surface area (Å²) in [6.07, 6.45) is 5.26. The molecule has 3 rings (SSSR count). The van der Waals surface area contributed by atoms with Gasteiger partial charge in [-0.25, -0.2) is 8.42 Å². The Kier molecular flexibility index (Phi) is 5.91. The van der Waals surface area contributed by atoms with Crippen LogP contribution in [0.15, 0.2) is 16.3 Å². The number of rotatable bonds is 5. The van der Waals surface area contributed by atoms with E-state index in [-0.39, 0.29) is 18.4 Å². The second-order valence-corrected chi connectivity index (χ2v) is 9.81. The number of amides is 1. The van der Waals surface area contributed by atoms with E-state index in [0.29, 0.717) is 17.3 Å². The van der Waals surface area contributed by atoms with Crippen molar-refractivity contribution in [2.75, 3.05) is 26.2 Å². The molecule has 0 bridgehead atoms. The van der Waals surface area contributed by atoms with E-state index in [1.807, 2.05) is 0 Å². The predicted molar refractivity (Wildman–Crippen MR) is 94.7 cm³/mol. The van der Waals surface area contributed by atoms with Gasteiger partial charge in [0.25, 0.3) is 10.0 Å². The molecule has 2 saturated heterocycles. The highest BCUT2D eigenvalue weighted by molar-refractivity contribution is 7.91. The average Bonchev–Trinajstić information content (AvgIpc) is 3.05. The lowest BCUT2D eigenvalue weighted by atomic mass is 10.1. The van der Waals surface area contributed by atoms with Crippen molar-refractivity contribution in [1.82, 2.24) is 14.9 Å². The molecule has 0 aromatic carbocycles. The van der Waals surface area contributed by atoms with Crippen LogP contribution in [0.4, 0.5) is 0 Å². The first-order valence-electron chi connectivity index (χ1n) is 8.64. The zero-order chi connectivity index (χ0) is 17.0. The van der Waals surface area contributed by atoms with E-state index in [1.54, 1.807) is 16.4 Å². The maximum Gasteiger partial charge on any atom is 0.252 e. The largest absolute Gasteiger partial charge is 0.352 e. The van der Waals surface area contributed by atoms with Gasteiger partial charge in [0.1, 0.15) is 4.21 Å². The second kappa shape index (κ2) is 7.95. The first kappa shape index (κ1) is 17.8. The van der Waals surface area contributed by atoms with Gasteiger partial charge in [-0.05, 0) is 44.4 Å². The molecule has 1 atom stereocenters. The van der Waals surface area contributed by atoms with Crippen LogP contribution in [0.5, 0.6) is 0 Å². The van der Waals surface area contributed by atoms with Crippen molar-refractivity contribution in [1.29, 1.82) is 0 Å². The molecule has 3 heterocycles. The molecular weight excluding hydrogens is 346 g/mol. The van der Waals surface area contributed by atoms with Crippen LogP contribution in [0.1, 0.15) is 37.0 Å². The lowest BCUT2D eigenvalue weighted by Crippen LogP contribution is -2.46. The molecule has 0 saturated carbocycles. The second-order valence-electron chi connectivity index (χ2n) is 6.47. The Hall–Kier alpha value is -0.960. The predicted octanol–water partition coefficient (Wildman–Crippen LogP) is 1.33. The molecule has 8 heteroatoms. The Labute approximate surface area is 147 Å². The Morgan fingerprint density at radius 3 is 2.75 bits per heavy atom. The maximum atomic E-state index is 12.6. The van der Waals surface area contributed by atoms with E-state index in [9.17, 15) is 13.2 Å². The summed E-state index contributed by atoms with van der Waals surface area (Å²) >= 11 is 1.22. The highest BCUT2D eigenvalue weighted by atomic mass is 32.2. The lowest BCUT2D eigenvalue weighted by Gasteiger charge is -2.25. The normalized spacial score (nSPS) is 23.1. The zero-order valence-corrected chi connectivity index (χ0v) is 15.4. The third-order valence-corrected chi connectivity index (χ3v) is 7.99. The molecule has 1 aromatic rings. The van der Waals surface area contributed by atoms with Gasteiger partial charge in [-0.15, -0.1) is 11.3 Å². The molecule has 1 aromatic heterocycles. The zero-order valence-electron chi connectivity index (χ0n) is 13.8. The van der Waals surface area contributed by atoms with Gasteiger partial charge in [-0.2, -0.15) is 4.31 Å². The van der Waals surface area contributed by atoms with E-state index >= 15 is 0 Å². The Morgan fingerprint density at radius 2 is 2.04 bits per heavy atom. The highest BCUT2D eigenvalue weighted by Crippen LogP contribution is 2.27. The first-order valence-corrected chi connectivity index (χ1v) is 10.9. The minimum atomic E-state index is -3.39. The summed E-state index contributed by atoms with van der Waals surface area (Å²) in [5, 5.41) is 6.29. The number of thiophene rings is 1. The summed E-state index contributed by atoms with van der Waals surface area (Å²) in [6.45, 7) is 3.02. The molecule has 134 valence electrons. The lowest BCUT2D eigenvalue weighted by molar-refractivity contribution is -0.121. The molecule has 0 spiro atoms. The van der Waals surface area contributed by atoms with Gasteiger partial charge in [-0.3, -0.25) is 4.79 Å². The molecule has 2 aliphatic rings. The molecule has 0 radical (unpaired) electrons. The summed E-state index contributed by atoms with van der Waals surface area (Å²) in [5.41, 5.74) is 0. The van der Waals surface area contributed by atoms with E-state index < -0.39 is 10.0 Å². The highest BCUT2D eigenvalue weighted by Gasteiger charge is 2.27. The quantitative estimate of drug-likeness (QED) is 0.819. The van der Waals surface area contributed by atoms with Crippen molar-refractivity contribution in [3.8, 4) is 0 Å². The number of hydrogen-bond acceptors (Lipinski definition) is 5. The number of piperidine rings is 2. The molecule has 2 N–H and O–H groups in total. The molecule has 24 heavy (non-hydrogen) atoms. The fraction of sp³-hybridized carbons (Fsp3) is 0.688. The smallest absolute Gasteiger partial charge is 0.252 e. The van der Waals surface area contributed by atoms with Crippen molar-refractivity contribution in [2.45, 2.75) is 48.8 Å². The van der Waals surface area contributed by atoms with Gasteiger partial charge < -0.3 is 10.6 Å². The molecule has 0 aliphatic carbocycles. The number of carbonyl (C=O) groups excluding carboxylic acids is 1. The van der Waals surface area contributed by atoms with E-state index in [4.69, 9.17) is 0 Å². The van der Waals surface area contributed by atoms with Gasteiger partial charge in [0.15, 0.2) is 0 Å². The van der Waals surface area contributed by atoms with Crippen LogP contribution in [0, 0.1) is 0 Å². The van der Waals surface area contributed by atoms with Crippen LogP contribution in [0.3, 0.4) is 0 Å². The molecular formula is C16H25N3O3S2. The molecule has 2 fully saturated rings. The summed E-state index contributed by atoms with van der Waals surface area (Å²) < 4.78 is 27.2. The van der Waals surface area contributed by atoms with Gasteiger partial charge in [-0.1, -0.05) is 6.42 Å². The molecule has 2 aliphatic heterocycles. The summed E-state index contributed by atoms with van der Waals surface area (Å²) in [5.74, 6) is -0.0347. The minimum Gasteiger partial charge on any atom is -0.352 e. The van der Waals surface area contributed by atoms with Crippen LogP contribution in [-0.4, -0.2) is 50.9 Å². The van der Waals surface area contributed by atoms with Crippen LogP contribution < -0.4 is 10.6 Å². The van der Waals surface area contributed by atoms with E-state index in [1.165, 1.54) is 11.3 Å². The topological polar surface area (TPSA) is 78.5 Å². The summed E-state index contributed by atoms with van der Waals surface area (Å²) in [7, 11) is -3.39. The monoisotopic (exact) mass is 371 g/mol. The molecule has 0 unspecified atom stereocenters. The number of hydrogen-bond donors (Lipinski definition) is 2. The summed E-state index contributed by atoms with van der Waals surface area (Å²) in [4.78, 5) is 12.9. The fourth-order valence-electron chi connectivity index (χ4n) is 3.24. The van der Waals surface area contributed by atoms with Gasteiger partial charge in [0.05, 0.1) is 6.42 Å². The standard InChI is InChI=1S/C16H25N3O3S2/c20-15(18-13-5-4-8-17-12-13)11-14-6-7-16(23-14)24(21,22)19-9-2-1-3-10-19/h6-7,13,17H,1-5,8-12H2,(H,18,20)/t13-/m0/s1. The van der Waals surface area contributed by atoms with Crippen LogP contribution in [0.2, 0.25) is 0 Å². The van der Waals surface area contributed by atoms with Crippen LogP contribution >= 0.6 is 11.3 Å². The number of nitrogens with one attached hydrogen (secondary N) is 2. The van der Waals surface area contributed by atoms with Crippen molar-refractivity contribution in [3.63, 3.8) is 0 Å². The number of carbonyl (C=O) groups is 1. The van der Waals surface area contributed by atoms with E-state index in [0.717, 1.165) is 50.1 Å². The third kappa shape index (κ3) is 4.36. The van der Waals surface area contributed by atoms with Crippen molar-refractivity contribution in [2.24, 2.45) is 0 Å². The number of nitrogens with zero attached hydrogens (tertiary/aromatic N) is 1. The van der Waals surface area contributed by atoms with Crippen LogP contribution in [-0.2, 0) is 21.2 Å². The van der Waals surface area contributed by atoms with Gasteiger partial charge in [0, 0.05) is 30.6 Å². The Morgan fingerprint density at radius 1 is 1.25 bits per heavy atom. The SMILES string of the molecule is O=C(Cc1ccc(S(=O)(=O)N2CCCCC2)s1)N[C@H]1CCCNC1.